The van der Waals surface area contributed by atoms with E-state index in [1.165, 1.54) is 57.8 Å². The third-order valence-corrected chi connectivity index (χ3v) is 13.0. The van der Waals surface area contributed by atoms with Gasteiger partial charge in [-0.05, 0) is 123 Å². The molecule has 2 spiro atoms. The van der Waals surface area contributed by atoms with Crippen LogP contribution in [0.4, 0.5) is 0 Å². The Morgan fingerprint density at radius 3 is 2.29 bits per heavy atom. The Bertz CT molecular complexity index is 853. The van der Waals surface area contributed by atoms with E-state index in [1.54, 1.807) is 12.5 Å². The number of hydrogen-bond donors (Lipinski definition) is 0. The number of carbonyl (C=O) groups is 1. The topological polar surface area (TPSA) is 26.3 Å². The minimum absolute atomic E-state index is 0.0915. The molecule has 0 aromatic heterocycles. The molecule has 5 aliphatic rings. The van der Waals surface area contributed by atoms with Crippen molar-refractivity contribution in [3.05, 3.63) is 11.6 Å². The lowest BCUT2D eigenvalue weighted by Crippen LogP contribution is -2.55. The van der Waals surface area contributed by atoms with Crippen LogP contribution in [0.15, 0.2) is 11.6 Å². The highest BCUT2D eigenvalue weighted by Gasteiger charge is 2.80. The molecule has 0 N–H and O–H groups in total. The van der Waals surface area contributed by atoms with Gasteiger partial charge >= 0.3 is 5.97 Å². The Hall–Kier alpha value is -0.790. The predicted molar refractivity (Wildman–Crippen MR) is 140 cm³/mol. The van der Waals surface area contributed by atoms with E-state index in [0.29, 0.717) is 22.2 Å². The lowest BCUT2D eigenvalue weighted by Gasteiger charge is -2.59. The minimum Gasteiger partial charge on any atom is -0.462 e. The van der Waals surface area contributed by atoms with Gasteiger partial charge in [0.15, 0.2) is 0 Å². The number of allylic oxidation sites excluding steroid dienone is 2. The summed E-state index contributed by atoms with van der Waals surface area (Å²) in [4.78, 5) is 11.8. The van der Waals surface area contributed by atoms with Crippen molar-refractivity contribution in [2.24, 2.45) is 57.2 Å². The predicted octanol–water partition coefficient (Wildman–Crippen LogP) is 8.60. The molecule has 0 bridgehead atoms. The van der Waals surface area contributed by atoms with Crippen LogP contribution < -0.4 is 0 Å². The number of hydrogen-bond acceptors (Lipinski definition) is 2. The Morgan fingerprint density at radius 1 is 0.912 bits per heavy atom. The minimum atomic E-state index is -0.0915. The molecule has 5 saturated carbocycles. The second-order valence-electron chi connectivity index (χ2n) is 14.8. The number of carbonyl (C=O) groups excluding carboxylic acids is 1. The van der Waals surface area contributed by atoms with Gasteiger partial charge < -0.3 is 4.74 Å². The van der Waals surface area contributed by atoms with Gasteiger partial charge in [0.1, 0.15) is 6.10 Å². The van der Waals surface area contributed by atoms with Gasteiger partial charge in [0.05, 0.1) is 0 Å². The van der Waals surface area contributed by atoms with Crippen LogP contribution in [0.3, 0.4) is 0 Å². The monoisotopic (exact) mass is 468 g/mol. The largest absolute Gasteiger partial charge is 0.462 e. The summed E-state index contributed by atoms with van der Waals surface area (Å²) < 4.78 is 5.89. The highest BCUT2D eigenvalue weighted by Crippen LogP contribution is 2.87. The molecule has 0 saturated heterocycles. The molecule has 5 rings (SSSR count). The molecule has 5 fully saturated rings. The lowest BCUT2D eigenvalue weighted by atomic mass is 9.46. The van der Waals surface area contributed by atoms with Gasteiger partial charge in [0.25, 0.3) is 0 Å². The van der Waals surface area contributed by atoms with E-state index < -0.39 is 0 Å². The third-order valence-electron chi connectivity index (χ3n) is 13.0. The number of rotatable bonds is 5. The Labute approximate surface area is 210 Å². The van der Waals surface area contributed by atoms with Crippen LogP contribution in [0.1, 0.15) is 120 Å². The highest BCUT2D eigenvalue weighted by molar-refractivity contribution is 5.66. The summed E-state index contributed by atoms with van der Waals surface area (Å²) in [5, 5.41) is 0. The summed E-state index contributed by atoms with van der Waals surface area (Å²) >= 11 is 0. The summed E-state index contributed by atoms with van der Waals surface area (Å²) in [6.07, 6.45) is 16.5. The molecule has 8 unspecified atom stereocenters. The zero-order valence-corrected chi connectivity index (χ0v) is 23.5. The summed E-state index contributed by atoms with van der Waals surface area (Å²) in [7, 11) is 0. The maximum atomic E-state index is 11.8. The van der Waals surface area contributed by atoms with E-state index in [0.717, 1.165) is 36.0 Å². The van der Waals surface area contributed by atoms with E-state index >= 15 is 0 Å². The molecule has 0 amide bonds. The van der Waals surface area contributed by atoms with Crippen molar-refractivity contribution in [1.29, 1.82) is 0 Å². The first-order chi connectivity index (χ1) is 15.9. The quantitative estimate of drug-likeness (QED) is 0.298. The van der Waals surface area contributed by atoms with Gasteiger partial charge in [0, 0.05) is 12.3 Å². The SMILES string of the molecule is CC(=O)OC1CCC23CC24CCC2(C)C(C(C)C/C=C(\C)C(C)C)CCC2C4CC[C@H]3C1(C)C. The van der Waals surface area contributed by atoms with Gasteiger partial charge in [-0.3, -0.25) is 4.79 Å². The fourth-order valence-corrected chi connectivity index (χ4v) is 11.0. The molecule has 2 heteroatoms. The van der Waals surface area contributed by atoms with Crippen molar-refractivity contribution in [3.8, 4) is 0 Å². The molecule has 2 nitrogen and oxygen atoms in total. The summed E-state index contributed by atoms with van der Waals surface area (Å²) in [6, 6.07) is 0. The number of ether oxygens (including phenoxy) is 1. The smallest absolute Gasteiger partial charge is 0.302 e. The van der Waals surface area contributed by atoms with Crippen molar-refractivity contribution in [3.63, 3.8) is 0 Å². The lowest BCUT2D eigenvalue weighted by molar-refractivity contribution is -0.173. The number of esters is 1. The standard InChI is InChI=1S/C32H52O2/c1-20(2)21(3)9-10-22(4)24-11-12-25-26-13-14-27-29(6,7)28(34-23(5)33)15-16-32(27)19-31(26,32)18-17-30(24,25)8/h9,20,22,24-28H,10-19H2,1-8H3/b21-9+/t22?,24?,25?,26?,27-,28?,30?,31?,32?/m0/s1. The molecule has 0 radical (unpaired) electrons. The third kappa shape index (κ3) is 3.35. The molecule has 34 heavy (non-hydrogen) atoms. The molecule has 9 atom stereocenters. The first-order valence-electron chi connectivity index (χ1n) is 14.7. The van der Waals surface area contributed by atoms with Crippen molar-refractivity contribution in [2.75, 3.05) is 0 Å². The first kappa shape index (κ1) is 24.9. The Morgan fingerprint density at radius 2 is 1.62 bits per heavy atom. The van der Waals surface area contributed by atoms with E-state index in [-0.39, 0.29) is 17.5 Å². The van der Waals surface area contributed by atoms with Crippen LogP contribution in [0, 0.1) is 57.2 Å². The maximum Gasteiger partial charge on any atom is 0.302 e. The molecule has 0 aromatic rings. The molecule has 192 valence electrons. The normalized spacial score (nSPS) is 47.8. The Balaban J connectivity index is 1.35. The van der Waals surface area contributed by atoms with Crippen LogP contribution in [0.2, 0.25) is 0 Å². The van der Waals surface area contributed by atoms with E-state index in [1.807, 2.05) is 0 Å². The first-order valence-corrected chi connectivity index (χ1v) is 14.7. The Kier molecular flexibility index (Phi) is 5.93. The van der Waals surface area contributed by atoms with Crippen molar-refractivity contribution >= 4 is 5.97 Å². The van der Waals surface area contributed by atoms with Gasteiger partial charge in [-0.2, -0.15) is 0 Å². The number of fused-ring (bicyclic) bond motifs is 2. The maximum absolute atomic E-state index is 11.8. The van der Waals surface area contributed by atoms with Crippen molar-refractivity contribution in [2.45, 2.75) is 126 Å². The second-order valence-corrected chi connectivity index (χ2v) is 14.8. The molecule has 0 aliphatic heterocycles. The van der Waals surface area contributed by atoms with Crippen molar-refractivity contribution < 1.29 is 9.53 Å². The highest BCUT2D eigenvalue weighted by atomic mass is 16.5. The molecule has 0 heterocycles. The summed E-state index contributed by atoms with van der Waals surface area (Å²) in [5.74, 6) is 4.92. The van der Waals surface area contributed by atoms with Crippen LogP contribution in [-0.4, -0.2) is 12.1 Å². The second kappa shape index (κ2) is 8.11. The van der Waals surface area contributed by atoms with Crippen LogP contribution in [0.5, 0.6) is 0 Å². The molecular formula is C32H52O2. The zero-order chi connectivity index (χ0) is 24.7. The van der Waals surface area contributed by atoms with Crippen LogP contribution in [-0.2, 0) is 9.53 Å². The van der Waals surface area contributed by atoms with Crippen molar-refractivity contribution in [1.82, 2.24) is 0 Å². The summed E-state index contributed by atoms with van der Waals surface area (Å²) in [6.45, 7) is 18.7. The van der Waals surface area contributed by atoms with E-state index in [2.05, 4.69) is 54.5 Å². The fraction of sp³-hybridized carbons (Fsp3) is 0.906. The zero-order valence-electron chi connectivity index (χ0n) is 23.5. The fourth-order valence-electron chi connectivity index (χ4n) is 11.0. The average Bonchev–Trinajstić information content (AvgIpc) is 3.30. The van der Waals surface area contributed by atoms with Gasteiger partial charge in [-0.1, -0.05) is 53.2 Å². The summed E-state index contributed by atoms with van der Waals surface area (Å²) in [5.41, 5.74) is 3.41. The van der Waals surface area contributed by atoms with E-state index in [9.17, 15) is 4.79 Å². The van der Waals surface area contributed by atoms with Gasteiger partial charge in [-0.25, -0.2) is 0 Å². The van der Waals surface area contributed by atoms with Crippen LogP contribution in [0.25, 0.3) is 0 Å². The molecular weight excluding hydrogens is 416 g/mol. The van der Waals surface area contributed by atoms with Gasteiger partial charge in [0.2, 0.25) is 0 Å². The van der Waals surface area contributed by atoms with Crippen LogP contribution >= 0.6 is 0 Å². The average molecular weight is 469 g/mol. The van der Waals surface area contributed by atoms with Gasteiger partial charge in [-0.15, -0.1) is 0 Å². The molecule has 5 aliphatic carbocycles. The molecule has 0 aromatic carbocycles. The van der Waals surface area contributed by atoms with E-state index in [4.69, 9.17) is 4.74 Å².